The van der Waals surface area contributed by atoms with Crippen molar-refractivity contribution >= 4 is 11.9 Å². The molecule has 4 nitrogen and oxygen atoms in total. The fourth-order valence-corrected chi connectivity index (χ4v) is 1.12. The Morgan fingerprint density at radius 3 is 2.47 bits per heavy atom. The number of hydrogen-bond donors (Lipinski definition) is 3. The minimum atomic E-state index is -0.810. The Labute approximate surface area is 99.8 Å². The van der Waals surface area contributed by atoms with Gasteiger partial charge in [-0.1, -0.05) is 26.0 Å². The van der Waals surface area contributed by atoms with Crippen molar-refractivity contribution < 1.29 is 20.1 Å². The van der Waals surface area contributed by atoms with Gasteiger partial charge in [0.1, 0.15) is 0 Å². The molecule has 0 bridgehead atoms. The zero-order valence-electron chi connectivity index (χ0n) is 9.84. The number of ketones is 1. The third-order valence-corrected chi connectivity index (χ3v) is 2.49. The van der Waals surface area contributed by atoms with Gasteiger partial charge in [-0.25, -0.2) is 0 Å². The van der Waals surface area contributed by atoms with Gasteiger partial charge in [0.15, 0.2) is 17.3 Å². The molecule has 92 valence electrons. The third-order valence-electron chi connectivity index (χ3n) is 2.49. The van der Waals surface area contributed by atoms with Crippen molar-refractivity contribution in [1.82, 2.24) is 0 Å². The number of aliphatic hydroxyl groups is 1. The van der Waals surface area contributed by atoms with Gasteiger partial charge in [0.25, 0.3) is 0 Å². The number of hydrogen-bond acceptors (Lipinski definition) is 4. The largest absolute Gasteiger partial charge is 0.504 e. The van der Waals surface area contributed by atoms with Crippen LogP contribution in [0.4, 0.5) is 0 Å². The Balaban J connectivity index is 2.84. The van der Waals surface area contributed by atoms with Gasteiger partial charge in [-0.2, -0.15) is 0 Å². The Morgan fingerprint density at radius 2 is 1.94 bits per heavy atom. The molecule has 3 N–H and O–H groups in total. The molecule has 1 aromatic rings. The maximum absolute atomic E-state index is 11.7. The second-order valence-electron chi connectivity index (χ2n) is 4.49. The van der Waals surface area contributed by atoms with Crippen LogP contribution in [0.25, 0.3) is 6.08 Å². The molecular weight excluding hydrogens is 220 g/mol. The van der Waals surface area contributed by atoms with Crippen LogP contribution in [0.2, 0.25) is 0 Å². The van der Waals surface area contributed by atoms with Crippen LogP contribution in [0.1, 0.15) is 19.4 Å². The number of carbonyl (C=O) groups excluding carboxylic acids is 1. The van der Waals surface area contributed by atoms with Crippen LogP contribution in [0.5, 0.6) is 11.5 Å². The van der Waals surface area contributed by atoms with Gasteiger partial charge in [-0.15, -0.1) is 0 Å². The highest BCUT2D eigenvalue weighted by atomic mass is 16.3. The lowest BCUT2D eigenvalue weighted by Gasteiger charge is -2.16. The Kier molecular flexibility index (Phi) is 3.91. The van der Waals surface area contributed by atoms with Crippen LogP contribution in [0.3, 0.4) is 0 Å². The Hall–Kier alpha value is -1.81. The molecule has 0 fully saturated rings. The van der Waals surface area contributed by atoms with E-state index in [9.17, 15) is 9.90 Å². The second-order valence-corrected chi connectivity index (χ2v) is 4.49. The topological polar surface area (TPSA) is 77.8 Å². The number of allylic oxidation sites excluding steroid dienone is 1. The Morgan fingerprint density at radius 1 is 1.29 bits per heavy atom. The SMILES string of the molecule is CC(C)(CO)C(=O)/C=C/c1ccc(O)c(O)c1. The first-order chi connectivity index (χ1) is 7.86. The zero-order chi connectivity index (χ0) is 13.1. The first-order valence-electron chi connectivity index (χ1n) is 5.22. The number of phenolic OH excluding ortho intramolecular Hbond substituents is 2. The van der Waals surface area contributed by atoms with E-state index in [0.29, 0.717) is 5.56 Å². The van der Waals surface area contributed by atoms with Crippen molar-refractivity contribution in [1.29, 1.82) is 0 Å². The average molecular weight is 236 g/mol. The minimum absolute atomic E-state index is 0.201. The summed E-state index contributed by atoms with van der Waals surface area (Å²) in [6.07, 6.45) is 2.88. The van der Waals surface area contributed by atoms with E-state index >= 15 is 0 Å². The molecule has 0 saturated carbocycles. The quantitative estimate of drug-likeness (QED) is 0.549. The van der Waals surface area contributed by atoms with Gasteiger partial charge in [-0.3, -0.25) is 4.79 Å². The molecule has 0 saturated heterocycles. The summed E-state index contributed by atoms with van der Waals surface area (Å²) in [6.45, 7) is 3.07. The number of rotatable bonds is 4. The number of carbonyl (C=O) groups is 1. The molecule has 4 heteroatoms. The maximum Gasteiger partial charge on any atom is 0.163 e. The van der Waals surface area contributed by atoms with E-state index in [0.717, 1.165) is 0 Å². The third kappa shape index (κ3) is 3.32. The van der Waals surface area contributed by atoms with Crippen LogP contribution in [-0.2, 0) is 4.79 Å². The highest BCUT2D eigenvalue weighted by Gasteiger charge is 2.23. The summed E-state index contributed by atoms with van der Waals surface area (Å²) in [7, 11) is 0. The summed E-state index contributed by atoms with van der Waals surface area (Å²) in [5, 5.41) is 27.4. The normalized spacial score (nSPS) is 11.9. The zero-order valence-corrected chi connectivity index (χ0v) is 9.84. The smallest absolute Gasteiger partial charge is 0.163 e. The van der Waals surface area contributed by atoms with E-state index in [2.05, 4.69) is 0 Å². The van der Waals surface area contributed by atoms with E-state index in [-0.39, 0.29) is 23.9 Å². The first kappa shape index (κ1) is 13.3. The summed E-state index contributed by atoms with van der Waals surface area (Å²) in [4.78, 5) is 11.7. The van der Waals surface area contributed by atoms with Crippen molar-refractivity contribution in [3.8, 4) is 11.5 Å². The van der Waals surface area contributed by atoms with Gasteiger partial charge in [0.2, 0.25) is 0 Å². The van der Waals surface area contributed by atoms with Gasteiger partial charge >= 0.3 is 0 Å². The lowest BCUT2D eigenvalue weighted by molar-refractivity contribution is -0.123. The van der Waals surface area contributed by atoms with Gasteiger partial charge < -0.3 is 15.3 Å². The standard InChI is InChI=1S/C13H16O4/c1-13(2,8-14)12(17)6-4-9-3-5-10(15)11(16)7-9/h3-7,14-16H,8H2,1-2H3/b6-4+. The molecule has 0 heterocycles. The predicted octanol–water partition coefficient (Wildman–Crippen LogP) is 1.70. The van der Waals surface area contributed by atoms with E-state index in [1.165, 1.54) is 24.3 Å². The number of benzene rings is 1. The van der Waals surface area contributed by atoms with Crippen LogP contribution in [0, 0.1) is 5.41 Å². The average Bonchev–Trinajstić information content (AvgIpc) is 2.30. The number of aromatic hydroxyl groups is 2. The van der Waals surface area contributed by atoms with E-state index < -0.39 is 5.41 Å². The molecule has 0 aliphatic rings. The van der Waals surface area contributed by atoms with Crippen LogP contribution in [-0.4, -0.2) is 27.7 Å². The lowest BCUT2D eigenvalue weighted by Crippen LogP contribution is -2.26. The number of phenols is 2. The van der Waals surface area contributed by atoms with Crippen LogP contribution >= 0.6 is 0 Å². The van der Waals surface area contributed by atoms with E-state index in [1.807, 2.05) is 0 Å². The van der Waals surface area contributed by atoms with Crippen molar-refractivity contribution in [3.63, 3.8) is 0 Å². The highest BCUT2D eigenvalue weighted by Crippen LogP contribution is 2.25. The molecule has 0 spiro atoms. The van der Waals surface area contributed by atoms with Crippen molar-refractivity contribution in [2.24, 2.45) is 5.41 Å². The van der Waals surface area contributed by atoms with Crippen molar-refractivity contribution in [2.45, 2.75) is 13.8 Å². The molecule has 0 unspecified atom stereocenters. The minimum Gasteiger partial charge on any atom is -0.504 e. The van der Waals surface area contributed by atoms with Gasteiger partial charge in [0.05, 0.1) is 12.0 Å². The summed E-state index contributed by atoms with van der Waals surface area (Å²) in [5.74, 6) is -0.641. The monoisotopic (exact) mass is 236 g/mol. The van der Waals surface area contributed by atoms with Crippen LogP contribution in [0.15, 0.2) is 24.3 Å². The Bertz CT molecular complexity index is 447. The van der Waals surface area contributed by atoms with Crippen molar-refractivity contribution in [3.05, 3.63) is 29.8 Å². The summed E-state index contributed by atoms with van der Waals surface area (Å²) < 4.78 is 0. The van der Waals surface area contributed by atoms with Crippen molar-refractivity contribution in [2.75, 3.05) is 6.61 Å². The molecule has 0 amide bonds. The van der Waals surface area contributed by atoms with E-state index in [4.69, 9.17) is 10.2 Å². The summed E-state index contributed by atoms with van der Waals surface area (Å²) >= 11 is 0. The van der Waals surface area contributed by atoms with E-state index in [1.54, 1.807) is 19.9 Å². The molecule has 1 aromatic carbocycles. The number of aliphatic hydroxyl groups excluding tert-OH is 1. The van der Waals surface area contributed by atoms with Crippen LogP contribution < -0.4 is 0 Å². The predicted molar refractivity (Wildman–Crippen MR) is 64.7 cm³/mol. The maximum atomic E-state index is 11.7. The summed E-state index contributed by atoms with van der Waals surface area (Å²) in [6, 6.07) is 4.27. The second kappa shape index (κ2) is 5.01. The molecule has 0 radical (unpaired) electrons. The highest BCUT2D eigenvalue weighted by molar-refractivity contribution is 5.97. The molecule has 0 aromatic heterocycles. The lowest BCUT2D eigenvalue weighted by atomic mass is 9.89. The fraction of sp³-hybridized carbons (Fsp3) is 0.308. The van der Waals surface area contributed by atoms with Gasteiger partial charge in [-0.05, 0) is 23.8 Å². The molecule has 0 atom stereocenters. The molecule has 0 aliphatic carbocycles. The van der Waals surface area contributed by atoms with Gasteiger partial charge in [0, 0.05) is 0 Å². The fourth-order valence-electron chi connectivity index (χ4n) is 1.12. The first-order valence-corrected chi connectivity index (χ1v) is 5.22. The molecular formula is C13H16O4. The molecule has 1 rings (SSSR count). The molecule has 17 heavy (non-hydrogen) atoms. The summed E-state index contributed by atoms with van der Waals surface area (Å²) in [5.41, 5.74) is -0.211. The molecule has 0 aliphatic heterocycles.